The molecule has 1 rings (SSSR count). The van der Waals surface area contributed by atoms with E-state index in [1.807, 2.05) is 0 Å². The number of aryl methyl sites for hydroxylation is 1. The summed E-state index contributed by atoms with van der Waals surface area (Å²) in [5.41, 5.74) is 0.908. The molecule has 0 N–H and O–H groups in total. The maximum atomic E-state index is 13.3. The van der Waals surface area contributed by atoms with E-state index in [0.717, 1.165) is 0 Å². The lowest BCUT2D eigenvalue weighted by atomic mass is 10.1. The molecule has 2 nitrogen and oxygen atoms in total. The second kappa shape index (κ2) is 4.42. The van der Waals surface area contributed by atoms with Gasteiger partial charge in [0.2, 0.25) is 0 Å². The molecule has 1 aromatic rings. The molecule has 0 aliphatic rings. The largest absolute Gasteiger partial charge is 0.469 e. The normalized spacial score (nSPS) is 10.0. The van der Waals surface area contributed by atoms with Crippen LogP contribution >= 0.6 is 11.6 Å². The topological polar surface area (TPSA) is 26.3 Å². The van der Waals surface area contributed by atoms with E-state index in [9.17, 15) is 9.18 Å². The highest BCUT2D eigenvalue weighted by Crippen LogP contribution is 2.23. The van der Waals surface area contributed by atoms with Crippen LogP contribution in [0.2, 0.25) is 5.02 Å². The summed E-state index contributed by atoms with van der Waals surface area (Å²) < 4.78 is 17.7. The van der Waals surface area contributed by atoms with Crippen LogP contribution in [0, 0.1) is 12.7 Å². The van der Waals surface area contributed by atoms with Crippen LogP contribution in [0.3, 0.4) is 0 Å². The number of hydrogen-bond donors (Lipinski definition) is 0. The lowest BCUT2D eigenvalue weighted by Crippen LogP contribution is -2.05. The highest BCUT2D eigenvalue weighted by Gasteiger charge is 2.12. The van der Waals surface area contributed by atoms with Crippen LogP contribution < -0.4 is 0 Å². The highest BCUT2D eigenvalue weighted by molar-refractivity contribution is 6.31. The van der Waals surface area contributed by atoms with E-state index in [1.54, 1.807) is 19.1 Å². The maximum absolute atomic E-state index is 13.3. The maximum Gasteiger partial charge on any atom is 0.310 e. The van der Waals surface area contributed by atoms with Crippen LogP contribution in [0.5, 0.6) is 0 Å². The summed E-state index contributed by atoms with van der Waals surface area (Å²) in [4.78, 5) is 10.9. The van der Waals surface area contributed by atoms with Crippen molar-refractivity contribution in [3.63, 3.8) is 0 Å². The minimum Gasteiger partial charge on any atom is -0.469 e. The summed E-state index contributed by atoms with van der Waals surface area (Å²) in [6, 6.07) is 3.21. The van der Waals surface area contributed by atoms with Crippen molar-refractivity contribution in [3.8, 4) is 0 Å². The Morgan fingerprint density at radius 2 is 2.21 bits per heavy atom. The zero-order valence-corrected chi connectivity index (χ0v) is 8.69. The van der Waals surface area contributed by atoms with Crippen molar-refractivity contribution in [2.24, 2.45) is 0 Å². The minimum atomic E-state index is -0.479. The molecule has 14 heavy (non-hydrogen) atoms. The van der Waals surface area contributed by atoms with Gasteiger partial charge in [0, 0.05) is 0 Å². The first-order chi connectivity index (χ1) is 6.56. The van der Waals surface area contributed by atoms with Crippen molar-refractivity contribution in [1.82, 2.24) is 0 Å². The predicted molar refractivity (Wildman–Crippen MR) is 51.9 cm³/mol. The van der Waals surface area contributed by atoms with Crippen LogP contribution in [0.4, 0.5) is 4.39 Å². The molecule has 4 heteroatoms. The highest BCUT2D eigenvalue weighted by atomic mass is 35.5. The summed E-state index contributed by atoms with van der Waals surface area (Å²) in [6.07, 6.45) is -0.00741. The minimum absolute atomic E-state index is 0.00426. The molecule has 0 aromatic heterocycles. The molecule has 0 fully saturated rings. The summed E-state index contributed by atoms with van der Waals surface area (Å²) >= 11 is 5.72. The number of ether oxygens (including phenoxy) is 1. The van der Waals surface area contributed by atoms with E-state index in [0.29, 0.717) is 11.1 Å². The van der Waals surface area contributed by atoms with Crippen molar-refractivity contribution in [2.75, 3.05) is 7.11 Å². The first kappa shape index (κ1) is 11.0. The Hall–Kier alpha value is -1.09. The SMILES string of the molecule is COC(=O)Cc1ccc(C)c(F)c1Cl. The molecule has 1 aromatic carbocycles. The quantitative estimate of drug-likeness (QED) is 0.710. The third-order valence-corrected chi connectivity index (χ3v) is 2.33. The van der Waals surface area contributed by atoms with Gasteiger partial charge in [-0.2, -0.15) is 0 Å². The van der Waals surface area contributed by atoms with Crippen molar-refractivity contribution in [1.29, 1.82) is 0 Å². The molecule has 0 radical (unpaired) electrons. The predicted octanol–water partition coefficient (Wildman–Crippen LogP) is 2.50. The Bertz CT molecular complexity index is 363. The molecule has 0 heterocycles. The molecule has 0 atom stereocenters. The molecule has 0 saturated heterocycles. The summed E-state index contributed by atoms with van der Waals surface area (Å²) in [7, 11) is 1.28. The van der Waals surface area contributed by atoms with Gasteiger partial charge in [-0.05, 0) is 18.1 Å². The van der Waals surface area contributed by atoms with Gasteiger partial charge in [0.1, 0.15) is 5.82 Å². The number of carbonyl (C=O) groups is 1. The third kappa shape index (κ3) is 2.23. The average molecular weight is 217 g/mol. The standard InChI is InChI=1S/C10H10ClFO2/c1-6-3-4-7(5-8(13)14-2)9(11)10(6)12/h3-4H,5H2,1-2H3. The third-order valence-electron chi connectivity index (χ3n) is 1.92. The van der Waals surface area contributed by atoms with Gasteiger partial charge in [-0.3, -0.25) is 4.79 Å². The molecule has 0 aliphatic carbocycles. The van der Waals surface area contributed by atoms with Crippen molar-refractivity contribution in [3.05, 3.63) is 34.1 Å². The van der Waals surface area contributed by atoms with Gasteiger partial charge < -0.3 is 4.74 Å². The van der Waals surface area contributed by atoms with Crippen molar-refractivity contribution >= 4 is 17.6 Å². The number of hydrogen-bond acceptors (Lipinski definition) is 2. The molecule has 0 amide bonds. The van der Waals surface area contributed by atoms with E-state index in [4.69, 9.17) is 11.6 Å². The molecule has 0 saturated carbocycles. The van der Waals surface area contributed by atoms with Gasteiger partial charge in [-0.15, -0.1) is 0 Å². The second-order valence-electron chi connectivity index (χ2n) is 2.92. The zero-order valence-electron chi connectivity index (χ0n) is 7.93. The smallest absolute Gasteiger partial charge is 0.310 e. The van der Waals surface area contributed by atoms with E-state index in [1.165, 1.54) is 7.11 Å². The Kier molecular flexibility index (Phi) is 3.47. The fraction of sp³-hybridized carbons (Fsp3) is 0.300. The van der Waals surface area contributed by atoms with Gasteiger partial charge in [0.15, 0.2) is 0 Å². The fourth-order valence-electron chi connectivity index (χ4n) is 1.05. The molecule has 0 aliphatic heterocycles. The number of rotatable bonds is 2. The van der Waals surface area contributed by atoms with Gasteiger partial charge in [0.05, 0.1) is 18.6 Å². The van der Waals surface area contributed by atoms with E-state index >= 15 is 0 Å². The molecule has 76 valence electrons. The summed E-state index contributed by atoms with van der Waals surface area (Å²) in [6.45, 7) is 1.61. The van der Waals surface area contributed by atoms with Crippen molar-refractivity contribution < 1.29 is 13.9 Å². The Morgan fingerprint density at radius 3 is 2.79 bits per heavy atom. The molecular weight excluding hydrogens is 207 g/mol. The molecule has 0 unspecified atom stereocenters. The van der Waals surface area contributed by atoms with Gasteiger partial charge in [-0.1, -0.05) is 23.7 Å². The van der Waals surface area contributed by atoms with Gasteiger partial charge >= 0.3 is 5.97 Å². The second-order valence-corrected chi connectivity index (χ2v) is 3.30. The molecular formula is C10H10ClFO2. The number of carbonyl (C=O) groups excluding carboxylic acids is 1. The Labute approximate surface area is 86.6 Å². The van der Waals surface area contributed by atoms with E-state index < -0.39 is 11.8 Å². The van der Waals surface area contributed by atoms with Gasteiger partial charge in [-0.25, -0.2) is 4.39 Å². The van der Waals surface area contributed by atoms with Gasteiger partial charge in [0.25, 0.3) is 0 Å². The number of esters is 1. The van der Waals surface area contributed by atoms with Crippen LogP contribution in [-0.4, -0.2) is 13.1 Å². The number of halogens is 2. The lowest BCUT2D eigenvalue weighted by Gasteiger charge is -2.05. The van der Waals surface area contributed by atoms with Crippen molar-refractivity contribution in [2.45, 2.75) is 13.3 Å². The first-order valence-electron chi connectivity index (χ1n) is 4.06. The Morgan fingerprint density at radius 1 is 1.57 bits per heavy atom. The summed E-state index contributed by atoms with van der Waals surface area (Å²) in [5, 5.41) is -0.00426. The van der Waals surface area contributed by atoms with E-state index in [2.05, 4.69) is 4.74 Å². The first-order valence-corrected chi connectivity index (χ1v) is 4.44. The fourth-order valence-corrected chi connectivity index (χ4v) is 1.33. The average Bonchev–Trinajstić information content (AvgIpc) is 2.19. The van der Waals surface area contributed by atoms with Crippen LogP contribution in [0.15, 0.2) is 12.1 Å². The van der Waals surface area contributed by atoms with Crippen LogP contribution in [0.1, 0.15) is 11.1 Å². The van der Waals surface area contributed by atoms with E-state index in [-0.39, 0.29) is 11.4 Å². The number of methoxy groups -OCH3 is 1. The Balaban J connectivity index is 3.00. The molecule has 0 bridgehead atoms. The van der Waals surface area contributed by atoms with Crippen LogP contribution in [0.25, 0.3) is 0 Å². The lowest BCUT2D eigenvalue weighted by molar-refractivity contribution is -0.139. The zero-order chi connectivity index (χ0) is 10.7. The monoisotopic (exact) mass is 216 g/mol. The molecule has 0 spiro atoms. The number of benzene rings is 1. The van der Waals surface area contributed by atoms with Crippen LogP contribution in [-0.2, 0) is 16.0 Å². The summed E-state index contributed by atoms with van der Waals surface area (Å²) in [5.74, 6) is -0.914.